The Balaban J connectivity index is 1.81. The van der Waals surface area contributed by atoms with Gasteiger partial charge in [0.25, 0.3) is 11.8 Å². The van der Waals surface area contributed by atoms with Crippen LogP contribution in [0.15, 0.2) is 45.3 Å². The zero-order valence-corrected chi connectivity index (χ0v) is 26.3. The summed E-state index contributed by atoms with van der Waals surface area (Å²) in [5.41, 5.74) is 4.63. The molecule has 4 rings (SSSR count). The number of rotatable bonds is 12. The standard InChI is InChI=1S/C32H40Br2N2O2/c1-5-9-11-21(7-3)19-35-27-17-23(33)13-15-25(27)29(31(35)37)30-26-16-14-24(34)18-28(26)36(32(30)38)20-22(8-4)12-10-6-2/h13-18,21-22H,5-12,19-20H2,1-4H3. The molecule has 0 aromatic heterocycles. The summed E-state index contributed by atoms with van der Waals surface area (Å²) in [5.74, 6) is 0.756. The lowest BCUT2D eigenvalue weighted by Gasteiger charge is -2.24. The maximum Gasteiger partial charge on any atom is 0.259 e. The summed E-state index contributed by atoms with van der Waals surface area (Å²) in [6.45, 7) is 10.2. The minimum absolute atomic E-state index is 0.0508. The number of fused-ring (bicyclic) bond motifs is 2. The predicted molar refractivity (Wildman–Crippen MR) is 166 cm³/mol. The van der Waals surface area contributed by atoms with Gasteiger partial charge in [0.1, 0.15) is 0 Å². The Morgan fingerprint density at radius 3 is 1.39 bits per heavy atom. The van der Waals surface area contributed by atoms with Gasteiger partial charge in [0.2, 0.25) is 0 Å². The lowest BCUT2D eigenvalue weighted by atomic mass is 9.96. The Labute approximate surface area is 245 Å². The van der Waals surface area contributed by atoms with Crippen molar-refractivity contribution in [1.82, 2.24) is 0 Å². The molecule has 0 fully saturated rings. The van der Waals surface area contributed by atoms with Gasteiger partial charge in [-0.1, -0.05) is 110 Å². The van der Waals surface area contributed by atoms with E-state index in [1.54, 1.807) is 0 Å². The fourth-order valence-corrected chi connectivity index (χ4v) is 6.49. The SMILES string of the molecule is CCCCC(CC)CN1C(=O)C(=C2C(=O)N(CC(CC)CCCC)c3cc(Br)ccc32)c2ccc(Br)cc21. The molecule has 2 unspecified atom stereocenters. The third-order valence-corrected chi connectivity index (χ3v) is 9.16. The van der Waals surface area contributed by atoms with E-state index in [1.165, 1.54) is 0 Å². The average Bonchev–Trinajstić information content (AvgIpc) is 3.32. The normalized spacial score (nSPS) is 18.3. The van der Waals surface area contributed by atoms with E-state index in [0.717, 1.165) is 82.8 Å². The fourth-order valence-electron chi connectivity index (χ4n) is 5.79. The van der Waals surface area contributed by atoms with Crippen molar-refractivity contribution in [3.05, 3.63) is 56.5 Å². The first-order chi connectivity index (χ1) is 18.3. The molecule has 4 nitrogen and oxygen atoms in total. The first-order valence-electron chi connectivity index (χ1n) is 14.3. The molecule has 2 heterocycles. The maximum atomic E-state index is 14.2. The average molecular weight is 644 g/mol. The van der Waals surface area contributed by atoms with Crippen LogP contribution in [0.2, 0.25) is 0 Å². The van der Waals surface area contributed by atoms with Gasteiger partial charge >= 0.3 is 0 Å². The number of halogens is 2. The monoisotopic (exact) mass is 642 g/mol. The van der Waals surface area contributed by atoms with Gasteiger partial charge in [0.15, 0.2) is 0 Å². The second-order valence-electron chi connectivity index (χ2n) is 10.7. The fraction of sp³-hybridized carbons (Fsp3) is 0.500. The third-order valence-electron chi connectivity index (χ3n) is 8.18. The summed E-state index contributed by atoms with van der Waals surface area (Å²) < 4.78 is 1.87. The van der Waals surface area contributed by atoms with Gasteiger partial charge < -0.3 is 9.80 Å². The van der Waals surface area contributed by atoms with Gasteiger partial charge in [0, 0.05) is 33.2 Å². The van der Waals surface area contributed by atoms with E-state index in [1.807, 2.05) is 46.2 Å². The van der Waals surface area contributed by atoms with Gasteiger partial charge in [-0.25, -0.2) is 0 Å². The van der Waals surface area contributed by atoms with Crippen LogP contribution in [0.4, 0.5) is 11.4 Å². The van der Waals surface area contributed by atoms with Crippen molar-refractivity contribution in [2.24, 2.45) is 11.8 Å². The van der Waals surface area contributed by atoms with E-state index in [0.29, 0.717) is 36.1 Å². The smallest absolute Gasteiger partial charge is 0.259 e. The second kappa shape index (κ2) is 13.0. The lowest BCUT2D eigenvalue weighted by molar-refractivity contribution is -0.114. The van der Waals surface area contributed by atoms with Crippen LogP contribution in [0, 0.1) is 11.8 Å². The zero-order chi connectivity index (χ0) is 27.4. The van der Waals surface area contributed by atoms with Crippen molar-refractivity contribution >= 4 is 66.2 Å². The number of hydrogen-bond donors (Lipinski definition) is 0. The van der Waals surface area contributed by atoms with Crippen molar-refractivity contribution in [3.63, 3.8) is 0 Å². The molecule has 2 aliphatic rings. The van der Waals surface area contributed by atoms with Crippen molar-refractivity contribution < 1.29 is 9.59 Å². The Hall–Kier alpha value is -1.92. The molecular weight excluding hydrogens is 604 g/mol. The van der Waals surface area contributed by atoms with Crippen molar-refractivity contribution in [2.45, 2.75) is 79.1 Å². The van der Waals surface area contributed by atoms with Gasteiger partial charge in [-0.2, -0.15) is 0 Å². The summed E-state index contributed by atoms with van der Waals surface area (Å²) in [5, 5.41) is 0. The molecule has 2 aliphatic heterocycles. The first kappa shape index (κ1) is 29.1. The molecular formula is C32H40Br2N2O2. The molecule has 0 spiro atoms. The third kappa shape index (κ3) is 5.82. The Morgan fingerprint density at radius 1 is 0.658 bits per heavy atom. The quantitative estimate of drug-likeness (QED) is 0.216. The highest BCUT2D eigenvalue weighted by atomic mass is 79.9. The van der Waals surface area contributed by atoms with Gasteiger partial charge in [-0.15, -0.1) is 0 Å². The molecule has 2 atom stereocenters. The van der Waals surface area contributed by atoms with Crippen molar-refractivity contribution in [2.75, 3.05) is 22.9 Å². The molecule has 38 heavy (non-hydrogen) atoms. The largest absolute Gasteiger partial charge is 0.307 e. The van der Waals surface area contributed by atoms with E-state index in [4.69, 9.17) is 0 Å². The molecule has 204 valence electrons. The summed E-state index contributed by atoms with van der Waals surface area (Å²) >= 11 is 7.23. The second-order valence-corrected chi connectivity index (χ2v) is 12.6. The summed E-state index contributed by atoms with van der Waals surface area (Å²) in [7, 11) is 0. The molecule has 0 aliphatic carbocycles. The number of nitrogens with zero attached hydrogens (tertiary/aromatic N) is 2. The van der Waals surface area contributed by atoms with E-state index in [-0.39, 0.29) is 11.8 Å². The zero-order valence-electron chi connectivity index (χ0n) is 23.2. The molecule has 2 amide bonds. The van der Waals surface area contributed by atoms with E-state index in [2.05, 4.69) is 59.6 Å². The summed E-state index contributed by atoms with van der Waals surface area (Å²) in [6.07, 6.45) is 8.87. The van der Waals surface area contributed by atoms with Crippen LogP contribution in [-0.2, 0) is 9.59 Å². The number of anilines is 2. The Bertz CT molecular complexity index is 1130. The molecule has 0 radical (unpaired) electrons. The number of unbranched alkanes of at least 4 members (excludes halogenated alkanes) is 2. The van der Waals surface area contributed by atoms with Crippen LogP contribution in [0.5, 0.6) is 0 Å². The van der Waals surface area contributed by atoms with E-state index in [9.17, 15) is 9.59 Å². The topological polar surface area (TPSA) is 40.6 Å². The predicted octanol–water partition coefficient (Wildman–Crippen LogP) is 9.25. The number of amides is 2. The van der Waals surface area contributed by atoms with Crippen LogP contribution in [0.25, 0.3) is 11.1 Å². The van der Waals surface area contributed by atoms with Crippen molar-refractivity contribution in [1.29, 1.82) is 0 Å². The van der Waals surface area contributed by atoms with E-state index >= 15 is 0 Å². The van der Waals surface area contributed by atoms with E-state index < -0.39 is 0 Å². The molecule has 0 N–H and O–H groups in total. The highest BCUT2D eigenvalue weighted by Crippen LogP contribution is 2.48. The summed E-state index contributed by atoms with van der Waals surface area (Å²) in [4.78, 5) is 32.3. The molecule has 0 bridgehead atoms. The molecule has 0 saturated carbocycles. The summed E-state index contributed by atoms with van der Waals surface area (Å²) in [6, 6.07) is 12.0. The number of carbonyl (C=O) groups is 2. The van der Waals surface area contributed by atoms with Gasteiger partial charge in [-0.3, -0.25) is 9.59 Å². The number of carbonyl (C=O) groups excluding carboxylic acids is 2. The Kier molecular flexibility index (Phi) is 9.91. The Morgan fingerprint density at radius 2 is 1.05 bits per heavy atom. The van der Waals surface area contributed by atoms with Crippen LogP contribution in [0.3, 0.4) is 0 Å². The molecule has 6 heteroatoms. The van der Waals surface area contributed by atoms with Crippen LogP contribution in [-0.4, -0.2) is 24.9 Å². The van der Waals surface area contributed by atoms with Crippen molar-refractivity contribution in [3.8, 4) is 0 Å². The van der Waals surface area contributed by atoms with Gasteiger partial charge in [0.05, 0.1) is 22.5 Å². The minimum Gasteiger partial charge on any atom is -0.307 e. The first-order valence-corrected chi connectivity index (χ1v) is 15.9. The molecule has 2 aromatic carbocycles. The lowest BCUT2D eigenvalue weighted by Crippen LogP contribution is -2.34. The van der Waals surface area contributed by atoms with Gasteiger partial charge in [-0.05, 0) is 48.9 Å². The highest BCUT2D eigenvalue weighted by Gasteiger charge is 2.42. The minimum atomic E-state index is -0.0508. The highest BCUT2D eigenvalue weighted by molar-refractivity contribution is 9.10. The van der Waals surface area contributed by atoms with Crippen LogP contribution < -0.4 is 9.80 Å². The number of hydrogen-bond acceptors (Lipinski definition) is 2. The molecule has 2 aromatic rings. The maximum absolute atomic E-state index is 14.2. The number of benzene rings is 2. The molecule has 0 saturated heterocycles. The van der Waals surface area contributed by atoms with Crippen LogP contribution in [0.1, 0.15) is 90.2 Å². The van der Waals surface area contributed by atoms with Crippen LogP contribution >= 0.6 is 31.9 Å².